The minimum atomic E-state index is -1.06. The van der Waals surface area contributed by atoms with Crippen molar-refractivity contribution in [2.75, 3.05) is 7.11 Å². The summed E-state index contributed by atoms with van der Waals surface area (Å²) in [6, 6.07) is 0. The second kappa shape index (κ2) is 15.6. The van der Waals surface area contributed by atoms with Gasteiger partial charge in [0.15, 0.2) is 0 Å². The van der Waals surface area contributed by atoms with Crippen LogP contribution in [0, 0.1) is 0 Å². The monoisotopic (exact) mass is 344 g/mol. The summed E-state index contributed by atoms with van der Waals surface area (Å²) in [5, 5.41) is 29.8. The first-order valence-electron chi connectivity index (χ1n) is 9.31. The first-order valence-corrected chi connectivity index (χ1v) is 9.31. The minimum Gasteiger partial charge on any atom is -0.466 e. The average molecular weight is 344 g/mol. The zero-order valence-electron chi connectivity index (χ0n) is 15.3. The van der Waals surface area contributed by atoms with Crippen LogP contribution in [0.25, 0.3) is 0 Å². The van der Waals surface area contributed by atoms with Crippen LogP contribution in [0.15, 0.2) is 12.2 Å². The van der Waals surface area contributed by atoms with Gasteiger partial charge in [-0.25, -0.2) is 4.79 Å². The molecule has 0 bridgehead atoms. The van der Waals surface area contributed by atoms with Crippen molar-refractivity contribution in [2.24, 2.45) is 0 Å². The van der Waals surface area contributed by atoms with Crippen LogP contribution in [0.3, 0.4) is 0 Å². The van der Waals surface area contributed by atoms with Crippen molar-refractivity contribution in [3.63, 3.8) is 0 Å². The van der Waals surface area contributed by atoms with Crippen molar-refractivity contribution in [1.29, 1.82) is 0 Å². The number of hydrogen-bond acceptors (Lipinski definition) is 5. The average Bonchev–Trinajstić information content (AvgIpc) is 2.59. The Kier molecular flexibility index (Phi) is 15.0. The van der Waals surface area contributed by atoms with Gasteiger partial charge in [-0.05, 0) is 25.7 Å². The van der Waals surface area contributed by atoms with E-state index in [4.69, 9.17) is 0 Å². The van der Waals surface area contributed by atoms with Crippen LogP contribution in [0.2, 0.25) is 0 Å². The molecule has 142 valence electrons. The maximum atomic E-state index is 10.9. The molecule has 0 saturated carbocycles. The zero-order chi connectivity index (χ0) is 18.2. The smallest absolute Gasteiger partial charge is 0.330 e. The molecule has 3 atom stereocenters. The third kappa shape index (κ3) is 12.5. The molecule has 0 rings (SSSR count). The highest BCUT2D eigenvalue weighted by atomic mass is 16.5. The van der Waals surface area contributed by atoms with E-state index >= 15 is 0 Å². The fourth-order valence-electron chi connectivity index (χ4n) is 2.60. The second-order valence-electron chi connectivity index (χ2n) is 6.39. The summed E-state index contributed by atoms with van der Waals surface area (Å²) >= 11 is 0. The standard InChI is InChI=1S/C19H36O5/c1-3-4-5-7-10-13-16(20)19(23)17(21)14-11-8-6-9-12-15-18(22)24-2/h12,15-17,19-21,23H,3-11,13-14H2,1-2H3. The van der Waals surface area contributed by atoms with Gasteiger partial charge < -0.3 is 20.1 Å². The predicted octanol–water partition coefficient (Wildman–Crippen LogP) is 3.11. The van der Waals surface area contributed by atoms with E-state index in [1.165, 1.54) is 26.0 Å². The van der Waals surface area contributed by atoms with Crippen LogP contribution in [0.1, 0.15) is 77.6 Å². The summed E-state index contributed by atoms with van der Waals surface area (Å²) in [7, 11) is 1.35. The molecule has 0 fully saturated rings. The van der Waals surface area contributed by atoms with Crippen LogP contribution >= 0.6 is 0 Å². The molecule has 0 saturated heterocycles. The van der Waals surface area contributed by atoms with Gasteiger partial charge in [0.25, 0.3) is 0 Å². The molecule has 24 heavy (non-hydrogen) atoms. The number of aliphatic hydroxyl groups is 3. The molecule has 5 heteroatoms. The number of unbranched alkanes of at least 4 members (excludes halogenated alkanes) is 7. The topological polar surface area (TPSA) is 87.0 Å². The first kappa shape index (κ1) is 23.1. The highest BCUT2D eigenvalue weighted by molar-refractivity contribution is 5.81. The molecule has 0 aliphatic rings. The van der Waals surface area contributed by atoms with Gasteiger partial charge in [-0.3, -0.25) is 0 Å². The normalized spacial score (nSPS) is 15.4. The fraction of sp³-hybridized carbons (Fsp3) is 0.842. The molecule has 0 heterocycles. The maximum Gasteiger partial charge on any atom is 0.330 e. The lowest BCUT2D eigenvalue weighted by atomic mass is 9.97. The van der Waals surface area contributed by atoms with Gasteiger partial charge in [-0.15, -0.1) is 0 Å². The van der Waals surface area contributed by atoms with E-state index in [0.717, 1.165) is 44.9 Å². The largest absolute Gasteiger partial charge is 0.466 e. The Hall–Kier alpha value is -0.910. The van der Waals surface area contributed by atoms with Gasteiger partial charge >= 0.3 is 5.97 Å². The summed E-state index contributed by atoms with van der Waals surface area (Å²) < 4.78 is 4.49. The summed E-state index contributed by atoms with van der Waals surface area (Å²) in [6.45, 7) is 2.16. The zero-order valence-corrected chi connectivity index (χ0v) is 15.3. The molecule has 0 aromatic carbocycles. The molecule has 3 N–H and O–H groups in total. The third-order valence-electron chi connectivity index (χ3n) is 4.22. The first-order chi connectivity index (χ1) is 11.5. The molecule has 0 aromatic rings. The maximum absolute atomic E-state index is 10.9. The molecule has 0 aliphatic heterocycles. The van der Waals surface area contributed by atoms with Gasteiger partial charge in [0.05, 0.1) is 19.3 Å². The Morgan fingerprint density at radius 3 is 2.00 bits per heavy atom. The fourth-order valence-corrected chi connectivity index (χ4v) is 2.60. The highest BCUT2D eigenvalue weighted by Crippen LogP contribution is 2.15. The number of aliphatic hydroxyl groups excluding tert-OH is 3. The molecule has 0 aromatic heterocycles. The Labute approximate surface area is 146 Å². The van der Waals surface area contributed by atoms with E-state index in [1.54, 1.807) is 6.08 Å². The Morgan fingerprint density at radius 2 is 1.46 bits per heavy atom. The van der Waals surface area contributed by atoms with Crippen molar-refractivity contribution < 1.29 is 24.9 Å². The number of methoxy groups -OCH3 is 1. The SMILES string of the molecule is CCCCCCCC(O)C(O)C(O)CCCCCC=CC(=O)OC. The van der Waals surface area contributed by atoms with E-state index in [9.17, 15) is 20.1 Å². The van der Waals surface area contributed by atoms with Gasteiger partial charge in [0.2, 0.25) is 0 Å². The summed E-state index contributed by atoms with van der Waals surface area (Å²) in [5.41, 5.74) is 0. The van der Waals surface area contributed by atoms with Crippen molar-refractivity contribution in [3.8, 4) is 0 Å². The molecular formula is C19H36O5. The molecule has 3 unspecified atom stereocenters. The van der Waals surface area contributed by atoms with Crippen molar-refractivity contribution in [2.45, 2.75) is 95.9 Å². The second-order valence-corrected chi connectivity index (χ2v) is 6.39. The number of carbonyl (C=O) groups is 1. The molecule has 0 radical (unpaired) electrons. The molecular weight excluding hydrogens is 308 g/mol. The predicted molar refractivity (Wildman–Crippen MR) is 95.6 cm³/mol. The number of rotatable bonds is 15. The Balaban J connectivity index is 3.68. The summed E-state index contributed by atoms with van der Waals surface area (Å²) in [4.78, 5) is 10.9. The van der Waals surface area contributed by atoms with Gasteiger partial charge in [-0.1, -0.05) is 57.9 Å². The van der Waals surface area contributed by atoms with E-state index in [0.29, 0.717) is 12.8 Å². The van der Waals surface area contributed by atoms with Crippen LogP contribution in [0.4, 0.5) is 0 Å². The summed E-state index contributed by atoms with van der Waals surface area (Å²) in [5.74, 6) is -0.350. The van der Waals surface area contributed by atoms with E-state index in [1.807, 2.05) is 0 Å². The number of esters is 1. The van der Waals surface area contributed by atoms with Crippen LogP contribution < -0.4 is 0 Å². The van der Waals surface area contributed by atoms with Crippen molar-refractivity contribution >= 4 is 5.97 Å². The lowest BCUT2D eigenvalue weighted by Crippen LogP contribution is -2.37. The Bertz CT molecular complexity index is 330. The third-order valence-corrected chi connectivity index (χ3v) is 4.22. The molecule has 0 aliphatic carbocycles. The minimum absolute atomic E-state index is 0.350. The molecule has 0 spiro atoms. The highest BCUT2D eigenvalue weighted by Gasteiger charge is 2.23. The van der Waals surface area contributed by atoms with Crippen molar-refractivity contribution in [3.05, 3.63) is 12.2 Å². The molecule has 5 nitrogen and oxygen atoms in total. The lowest BCUT2D eigenvalue weighted by molar-refractivity contribution is -0.134. The van der Waals surface area contributed by atoms with Gasteiger partial charge in [-0.2, -0.15) is 0 Å². The van der Waals surface area contributed by atoms with Crippen LogP contribution in [-0.4, -0.2) is 46.7 Å². The van der Waals surface area contributed by atoms with Gasteiger partial charge in [0, 0.05) is 6.08 Å². The van der Waals surface area contributed by atoms with E-state index < -0.39 is 18.3 Å². The number of hydrogen-bond donors (Lipinski definition) is 3. The van der Waals surface area contributed by atoms with Crippen molar-refractivity contribution in [1.82, 2.24) is 0 Å². The van der Waals surface area contributed by atoms with Crippen LogP contribution in [-0.2, 0) is 9.53 Å². The summed E-state index contributed by atoms with van der Waals surface area (Å²) in [6.07, 6.45) is 10.3. The van der Waals surface area contributed by atoms with Crippen LogP contribution in [0.5, 0.6) is 0 Å². The number of carbonyl (C=O) groups excluding carboxylic acids is 1. The quantitative estimate of drug-likeness (QED) is 0.241. The van der Waals surface area contributed by atoms with E-state index in [2.05, 4.69) is 11.7 Å². The Morgan fingerprint density at radius 1 is 0.917 bits per heavy atom. The number of allylic oxidation sites excluding steroid dienone is 1. The molecule has 0 amide bonds. The lowest BCUT2D eigenvalue weighted by Gasteiger charge is -2.23. The van der Waals surface area contributed by atoms with Gasteiger partial charge in [0.1, 0.15) is 6.10 Å². The van der Waals surface area contributed by atoms with E-state index in [-0.39, 0.29) is 5.97 Å². The number of ether oxygens (including phenoxy) is 1.